The molecule has 0 radical (unpaired) electrons. The zero-order valence-corrected chi connectivity index (χ0v) is 51.2. The summed E-state index contributed by atoms with van der Waals surface area (Å²) in [6, 6.07) is 0. The number of hydrogen-bond donors (Lipinski definition) is 0. The average Bonchev–Trinajstić information content (AvgIpc) is 3.44. The quantitative estimate of drug-likeness (QED) is 0.0261. The van der Waals surface area contributed by atoms with Crippen LogP contribution in [0.3, 0.4) is 0 Å². The second kappa shape index (κ2) is 65.6. The van der Waals surface area contributed by atoms with Gasteiger partial charge in [-0.1, -0.05) is 271 Å². The van der Waals surface area contributed by atoms with Crippen LogP contribution in [0, 0.1) is 0 Å². The van der Waals surface area contributed by atoms with Crippen molar-refractivity contribution in [2.24, 2.45) is 0 Å². The highest BCUT2D eigenvalue weighted by atomic mass is 16.6. The number of ether oxygens (including phenoxy) is 3. The summed E-state index contributed by atoms with van der Waals surface area (Å²) in [6.07, 6.45) is 89.5. The summed E-state index contributed by atoms with van der Waals surface area (Å²) < 4.78 is 16.9. The van der Waals surface area contributed by atoms with E-state index in [1.165, 1.54) is 148 Å². The third-order valence-electron chi connectivity index (χ3n) is 14.0. The van der Waals surface area contributed by atoms with Crippen LogP contribution >= 0.6 is 0 Å². The van der Waals surface area contributed by atoms with Crippen LogP contribution in [0.5, 0.6) is 0 Å². The van der Waals surface area contributed by atoms with Gasteiger partial charge in [-0.05, 0) is 128 Å². The van der Waals surface area contributed by atoms with E-state index >= 15 is 0 Å². The van der Waals surface area contributed by atoms with E-state index < -0.39 is 6.10 Å². The first kappa shape index (κ1) is 74.1. The smallest absolute Gasteiger partial charge is 0.306 e. The number of hydrogen-bond acceptors (Lipinski definition) is 6. The maximum Gasteiger partial charge on any atom is 0.306 e. The van der Waals surface area contributed by atoms with E-state index in [1.54, 1.807) is 0 Å². The number of esters is 3. The van der Waals surface area contributed by atoms with Crippen molar-refractivity contribution < 1.29 is 28.6 Å². The van der Waals surface area contributed by atoms with Gasteiger partial charge in [0.25, 0.3) is 0 Å². The lowest BCUT2D eigenvalue weighted by molar-refractivity contribution is -0.167. The Kier molecular flexibility index (Phi) is 62.3. The summed E-state index contributed by atoms with van der Waals surface area (Å²) in [6.45, 7) is 6.49. The lowest BCUT2D eigenvalue weighted by Crippen LogP contribution is -2.30. The number of carbonyl (C=O) groups is 3. The molecule has 0 aromatic heterocycles. The van der Waals surface area contributed by atoms with Gasteiger partial charge in [-0.25, -0.2) is 0 Å². The highest BCUT2D eigenvalue weighted by Gasteiger charge is 2.19. The van der Waals surface area contributed by atoms with Crippen LogP contribution in [0.2, 0.25) is 0 Å². The first-order valence-corrected chi connectivity index (χ1v) is 32.9. The van der Waals surface area contributed by atoms with Gasteiger partial charge in [-0.3, -0.25) is 14.4 Å². The topological polar surface area (TPSA) is 78.9 Å². The van der Waals surface area contributed by atoms with Crippen molar-refractivity contribution in [2.45, 2.75) is 316 Å². The van der Waals surface area contributed by atoms with E-state index in [0.29, 0.717) is 19.3 Å². The van der Waals surface area contributed by atoms with E-state index in [1.807, 2.05) is 0 Å². The van der Waals surface area contributed by atoms with Gasteiger partial charge in [0, 0.05) is 19.3 Å². The Morgan fingerprint density at radius 1 is 0.269 bits per heavy atom. The van der Waals surface area contributed by atoms with E-state index in [4.69, 9.17) is 14.2 Å². The second-order valence-corrected chi connectivity index (χ2v) is 21.6. The van der Waals surface area contributed by atoms with Crippen molar-refractivity contribution in [3.05, 3.63) is 109 Å². The molecule has 0 rings (SSSR count). The first-order valence-electron chi connectivity index (χ1n) is 32.9. The first-order chi connectivity index (χ1) is 38.5. The molecule has 6 nitrogen and oxygen atoms in total. The largest absolute Gasteiger partial charge is 0.462 e. The Morgan fingerprint density at radius 2 is 0.500 bits per heavy atom. The van der Waals surface area contributed by atoms with Gasteiger partial charge in [0.15, 0.2) is 6.10 Å². The van der Waals surface area contributed by atoms with Crippen molar-refractivity contribution in [1.29, 1.82) is 0 Å². The van der Waals surface area contributed by atoms with Crippen LogP contribution in [0.25, 0.3) is 0 Å². The van der Waals surface area contributed by atoms with Crippen molar-refractivity contribution in [1.82, 2.24) is 0 Å². The maximum absolute atomic E-state index is 12.9. The molecule has 6 heteroatoms. The predicted molar refractivity (Wildman–Crippen MR) is 339 cm³/mol. The highest BCUT2D eigenvalue weighted by Crippen LogP contribution is 2.16. The minimum Gasteiger partial charge on any atom is -0.462 e. The summed E-state index contributed by atoms with van der Waals surface area (Å²) in [5, 5.41) is 0. The van der Waals surface area contributed by atoms with Gasteiger partial charge in [0.1, 0.15) is 13.2 Å². The number of rotatable bonds is 59. The van der Waals surface area contributed by atoms with Gasteiger partial charge >= 0.3 is 17.9 Å². The monoisotopic (exact) mass is 1080 g/mol. The number of carbonyl (C=O) groups excluding carboxylic acids is 3. The Balaban J connectivity index is 4.35. The minimum absolute atomic E-state index is 0.0880. The molecular formula is C72H122O6. The van der Waals surface area contributed by atoms with Gasteiger partial charge in [0.05, 0.1) is 0 Å². The summed E-state index contributed by atoms with van der Waals surface area (Å²) in [5.41, 5.74) is 0. The number of unbranched alkanes of at least 4 members (excludes halogenated alkanes) is 30. The van der Waals surface area contributed by atoms with Crippen molar-refractivity contribution in [3.63, 3.8) is 0 Å². The molecule has 0 heterocycles. The predicted octanol–water partition coefficient (Wildman–Crippen LogP) is 22.6. The third kappa shape index (κ3) is 62.9. The molecule has 1 unspecified atom stereocenters. The van der Waals surface area contributed by atoms with Crippen LogP contribution < -0.4 is 0 Å². The SMILES string of the molecule is CC/C=C\C/C=C\C/C=C\C/C=C\C/C=C\C/C=C\CCCCCCCCC(=O)OCC(COC(=O)CCCCCCC/C=C\CCCCC)OC(=O)CCCCCCCCCCCCC/C=C\C/C=C\CCCCCCC. The van der Waals surface area contributed by atoms with E-state index in [-0.39, 0.29) is 31.1 Å². The van der Waals surface area contributed by atoms with Crippen molar-refractivity contribution >= 4 is 17.9 Å². The molecule has 0 saturated carbocycles. The van der Waals surface area contributed by atoms with Crippen LogP contribution in [0.15, 0.2) is 109 Å². The molecule has 0 aliphatic rings. The summed E-state index contributed by atoms with van der Waals surface area (Å²) in [5.74, 6) is -0.906. The molecular weight excluding hydrogens is 961 g/mol. The third-order valence-corrected chi connectivity index (χ3v) is 14.0. The van der Waals surface area contributed by atoms with E-state index in [9.17, 15) is 14.4 Å². The van der Waals surface area contributed by atoms with Crippen LogP contribution in [-0.4, -0.2) is 37.2 Å². The Morgan fingerprint density at radius 3 is 0.821 bits per heavy atom. The summed E-state index contributed by atoms with van der Waals surface area (Å²) >= 11 is 0. The summed E-state index contributed by atoms with van der Waals surface area (Å²) in [4.78, 5) is 38.3. The lowest BCUT2D eigenvalue weighted by atomic mass is 10.0. The molecule has 0 aliphatic heterocycles. The molecule has 0 aromatic carbocycles. The number of allylic oxidation sites excluding steroid dienone is 18. The Bertz CT molecular complexity index is 1570. The molecule has 0 aromatic rings. The molecule has 0 fully saturated rings. The maximum atomic E-state index is 12.9. The molecule has 78 heavy (non-hydrogen) atoms. The van der Waals surface area contributed by atoms with Gasteiger partial charge in [-0.2, -0.15) is 0 Å². The Hall–Kier alpha value is -3.93. The van der Waals surface area contributed by atoms with Crippen LogP contribution in [0.4, 0.5) is 0 Å². The lowest BCUT2D eigenvalue weighted by Gasteiger charge is -2.18. The molecule has 446 valence electrons. The molecule has 0 bridgehead atoms. The molecule has 0 amide bonds. The van der Waals surface area contributed by atoms with Crippen molar-refractivity contribution in [3.8, 4) is 0 Å². The van der Waals surface area contributed by atoms with E-state index in [0.717, 1.165) is 122 Å². The summed E-state index contributed by atoms with van der Waals surface area (Å²) in [7, 11) is 0. The van der Waals surface area contributed by atoms with Crippen LogP contribution in [0.1, 0.15) is 310 Å². The van der Waals surface area contributed by atoms with Gasteiger partial charge < -0.3 is 14.2 Å². The van der Waals surface area contributed by atoms with Crippen molar-refractivity contribution in [2.75, 3.05) is 13.2 Å². The zero-order chi connectivity index (χ0) is 56.4. The standard InChI is InChI=1S/C72H122O6/c1-4-7-10-13-16-19-22-25-27-29-31-33-35-36-38-39-41-43-45-47-50-53-56-59-62-65-71(74)77-68-69(67-76-70(73)64-61-58-55-52-49-24-21-18-15-12-9-6-3)78-72(75)66-63-60-57-54-51-48-46-44-42-40-37-34-32-30-28-26-23-20-17-14-11-8-5-2/h7,10,16,18-19,21,23,25-27,30-33,36,38,41,43,69H,4-6,8-9,11-15,17,20,22,24,28-29,34-35,37,39-40,42,44-68H2,1-3H3/b10-7-,19-16-,21-18-,26-23-,27-25-,32-30-,33-31-,38-36-,43-41-. The minimum atomic E-state index is -0.792. The second-order valence-electron chi connectivity index (χ2n) is 21.6. The molecule has 0 saturated heterocycles. The molecule has 0 aliphatic carbocycles. The van der Waals surface area contributed by atoms with E-state index in [2.05, 4.69) is 130 Å². The fraction of sp³-hybridized carbons (Fsp3) is 0.708. The Labute approximate surface area is 482 Å². The molecule has 0 spiro atoms. The molecule has 1 atom stereocenters. The fourth-order valence-electron chi connectivity index (χ4n) is 9.06. The zero-order valence-electron chi connectivity index (χ0n) is 51.2. The van der Waals surface area contributed by atoms with Crippen LogP contribution in [-0.2, 0) is 28.6 Å². The highest BCUT2D eigenvalue weighted by molar-refractivity contribution is 5.71. The average molecular weight is 1080 g/mol. The van der Waals surface area contributed by atoms with Gasteiger partial charge in [0.2, 0.25) is 0 Å². The normalized spacial score (nSPS) is 12.8. The molecule has 0 N–H and O–H groups in total. The van der Waals surface area contributed by atoms with Gasteiger partial charge in [-0.15, -0.1) is 0 Å². The fourth-order valence-corrected chi connectivity index (χ4v) is 9.06.